The number of furan rings is 1. The van der Waals surface area contributed by atoms with Gasteiger partial charge in [0, 0.05) is 18.2 Å². The summed E-state index contributed by atoms with van der Waals surface area (Å²) in [5, 5.41) is 3.39. The molecular weight excluding hydrogens is 217 g/mol. The van der Waals surface area contributed by atoms with Crippen LogP contribution in [-0.4, -0.2) is 6.04 Å². The van der Waals surface area contributed by atoms with Gasteiger partial charge in [-0.2, -0.15) is 0 Å². The van der Waals surface area contributed by atoms with Crippen LogP contribution in [0.4, 0.5) is 4.39 Å². The van der Waals surface area contributed by atoms with Gasteiger partial charge in [0.1, 0.15) is 11.6 Å². The maximum atomic E-state index is 13.3. The monoisotopic (exact) mass is 231 g/mol. The quantitative estimate of drug-likeness (QED) is 0.873. The second-order valence-corrected chi connectivity index (χ2v) is 4.43. The van der Waals surface area contributed by atoms with Crippen LogP contribution in [0.25, 0.3) is 11.3 Å². The first-order valence-corrected chi connectivity index (χ1v) is 5.88. The highest BCUT2D eigenvalue weighted by Gasteiger charge is 2.20. The van der Waals surface area contributed by atoms with Crippen LogP contribution in [0.5, 0.6) is 0 Å². The summed E-state index contributed by atoms with van der Waals surface area (Å²) in [6, 6.07) is 9.18. The molecule has 1 N–H and O–H groups in total. The largest absolute Gasteiger partial charge is 0.464 e. The molecule has 1 aliphatic carbocycles. The molecule has 3 heteroatoms. The van der Waals surface area contributed by atoms with E-state index in [2.05, 4.69) is 5.32 Å². The zero-order chi connectivity index (χ0) is 11.7. The van der Waals surface area contributed by atoms with Gasteiger partial charge in [0.05, 0.1) is 6.26 Å². The molecule has 2 aromatic rings. The molecule has 0 amide bonds. The maximum absolute atomic E-state index is 13.3. The highest BCUT2D eigenvalue weighted by Crippen LogP contribution is 2.26. The van der Waals surface area contributed by atoms with Gasteiger partial charge in [-0.05, 0) is 48.7 Å². The van der Waals surface area contributed by atoms with E-state index in [1.54, 1.807) is 18.4 Å². The van der Waals surface area contributed by atoms with Crippen molar-refractivity contribution in [3.05, 3.63) is 48.0 Å². The molecule has 0 atom stereocenters. The Morgan fingerprint density at radius 1 is 1.29 bits per heavy atom. The summed E-state index contributed by atoms with van der Waals surface area (Å²) >= 11 is 0. The van der Waals surface area contributed by atoms with Gasteiger partial charge in [0.2, 0.25) is 0 Å². The fourth-order valence-electron chi connectivity index (χ4n) is 1.92. The van der Waals surface area contributed by atoms with E-state index in [1.165, 1.54) is 18.9 Å². The number of benzene rings is 1. The van der Waals surface area contributed by atoms with Crippen LogP contribution in [-0.2, 0) is 6.54 Å². The Morgan fingerprint density at radius 3 is 2.88 bits per heavy atom. The molecule has 0 bridgehead atoms. The Balaban J connectivity index is 1.89. The molecule has 88 valence electrons. The van der Waals surface area contributed by atoms with Crippen molar-refractivity contribution >= 4 is 0 Å². The van der Waals surface area contributed by atoms with E-state index in [0.29, 0.717) is 12.6 Å². The lowest BCUT2D eigenvalue weighted by molar-refractivity contribution is 0.578. The normalized spacial score (nSPS) is 15.1. The molecule has 1 heterocycles. The van der Waals surface area contributed by atoms with Crippen molar-refractivity contribution in [2.45, 2.75) is 25.4 Å². The molecule has 0 saturated heterocycles. The zero-order valence-electron chi connectivity index (χ0n) is 9.45. The van der Waals surface area contributed by atoms with Crippen molar-refractivity contribution in [1.82, 2.24) is 5.32 Å². The van der Waals surface area contributed by atoms with Crippen LogP contribution in [0, 0.1) is 5.82 Å². The third kappa shape index (κ3) is 2.39. The second kappa shape index (κ2) is 4.34. The predicted molar refractivity (Wildman–Crippen MR) is 64.0 cm³/mol. The molecule has 0 unspecified atom stereocenters. The molecule has 1 aromatic carbocycles. The van der Waals surface area contributed by atoms with Gasteiger partial charge >= 0.3 is 0 Å². The van der Waals surface area contributed by atoms with Gasteiger partial charge in [-0.1, -0.05) is 0 Å². The summed E-state index contributed by atoms with van der Waals surface area (Å²) in [7, 11) is 0. The standard InChI is InChI=1S/C14H14FNO/c15-11-3-6-13(14-2-1-7-17-14)10(8-11)9-16-12-4-5-12/h1-3,6-8,12,16H,4-5,9H2. The number of hydrogen-bond donors (Lipinski definition) is 1. The second-order valence-electron chi connectivity index (χ2n) is 4.43. The van der Waals surface area contributed by atoms with Crippen LogP contribution in [0.1, 0.15) is 18.4 Å². The van der Waals surface area contributed by atoms with Crippen LogP contribution in [0.2, 0.25) is 0 Å². The fourth-order valence-corrected chi connectivity index (χ4v) is 1.92. The van der Waals surface area contributed by atoms with Crippen molar-refractivity contribution in [2.75, 3.05) is 0 Å². The predicted octanol–water partition coefficient (Wildman–Crippen LogP) is 3.34. The van der Waals surface area contributed by atoms with E-state index < -0.39 is 0 Å². The SMILES string of the molecule is Fc1ccc(-c2ccco2)c(CNC2CC2)c1. The molecule has 1 fully saturated rings. The van der Waals surface area contributed by atoms with Gasteiger partial charge < -0.3 is 9.73 Å². The minimum absolute atomic E-state index is 0.201. The van der Waals surface area contributed by atoms with Crippen molar-refractivity contribution in [3.63, 3.8) is 0 Å². The first-order valence-electron chi connectivity index (χ1n) is 5.88. The number of rotatable bonds is 4. The van der Waals surface area contributed by atoms with Crippen LogP contribution in [0.3, 0.4) is 0 Å². The number of nitrogens with one attached hydrogen (secondary N) is 1. The minimum Gasteiger partial charge on any atom is -0.464 e. The third-order valence-corrected chi connectivity index (χ3v) is 3.01. The first kappa shape index (κ1) is 10.5. The van der Waals surface area contributed by atoms with Crippen molar-refractivity contribution < 1.29 is 8.81 Å². The highest BCUT2D eigenvalue weighted by atomic mass is 19.1. The van der Waals surface area contributed by atoms with Crippen molar-refractivity contribution in [1.29, 1.82) is 0 Å². The average Bonchev–Trinajstić information content (AvgIpc) is 3.00. The molecule has 0 spiro atoms. The molecule has 17 heavy (non-hydrogen) atoms. The highest BCUT2D eigenvalue weighted by molar-refractivity contribution is 5.62. The molecule has 0 radical (unpaired) electrons. The Labute approximate surface area is 99.5 Å². The van der Waals surface area contributed by atoms with Crippen LogP contribution >= 0.6 is 0 Å². The first-order chi connectivity index (χ1) is 8.33. The molecule has 3 rings (SSSR count). The Morgan fingerprint density at radius 2 is 2.18 bits per heavy atom. The van der Waals surface area contributed by atoms with Crippen molar-refractivity contribution in [3.8, 4) is 11.3 Å². The molecule has 1 aromatic heterocycles. The topological polar surface area (TPSA) is 25.2 Å². The zero-order valence-corrected chi connectivity index (χ0v) is 9.45. The minimum atomic E-state index is -0.201. The lowest BCUT2D eigenvalue weighted by Gasteiger charge is -2.08. The van der Waals surface area contributed by atoms with Gasteiger partial charge in [-0.15, -0.1) is 0 Å². The van der Waals surface area contributed by atoms with Gasteiger partial charge in [-0.25, -0.2) is 4.39 Å². The Hall–Kier alpha value is -1.61. The summed E-state index contributed by atoms with van der Waals surface area (Å²) in [4.78, 5) is 0. The van der Waals surface area contributed by atoms with E-state index >= 15 is 0 Å². The summed E-state index contributed by atoms with van der Waals surface area (Å²) in [6.07, 6.45) is 4.09. The van der Waals surface area contributed by atoms with E-state index in [9.17, 15) is 4.39 Å². The summed E-state index contributed by atoms with van der Waals surface area (Å²) in [6.45, 7) is 0.693. The average molecular weight is 231 g/mol. The van der Waals surface area contributed by atoms with Gasteiger partial charge in [-0.3, -0.25) is 0 Å². The van der Waals surface area contributed by atoms with Gasteiger partial charge in [0.15, 0.2) is 0 Å². The van der Waals surface area contributed by atoms with E-state index in [1.807, 2.05) is 12.1 Å². The third-order valence-electron chi connectivity index (χ3n) is 3.01. The van der Waals surface area contributed by atoms with Crippen LogP contribution < -0.4 is 5.32 Å². The van der Waals surface area contributed by atoms with E-state index in [0.717, 1.165) is 16.9 Å². The summed E-state index contributed by atoms with van der Waals surface area (Å²) < 4.78 is 18.6. The Kier molecular flexibility index (Phi) is 2.69. The lowest BCUT2D eigenvalue weighted by Crippen LogP contribution is -2.16. The lowest BCUT2D eigenvalue weighted by atomic mass is 10.0. The van der Waals surface area contributed by atoms with Gasteiger partial charge in [0.25, 0.3) is 0 Å². The molecule has 2 nitrogen and oxygen atoms in total. The van der Waals surface area contributed by atoms with E-state index in [-0.39, 0.29) is 5.82 Å². The molecular formula is C14H14FNO. The summed E-state index contributed by atoms with van der Waals surface area (Å²) in [5.74, 6) is 0.588. The fraction of sp³-hybridized carbons (Fsp3) is 0.286. The maximum Gasteiger partial charge on any atom is 0.134 e. The number of hydrogen-bond acceptors (Lipinski definition) is 2. The molecule has 1 aliphatic rings. The van der Waals surface area contributed by atoms with E-state index in [4.69, 9.17) is 4.42 Å². The van der Waals surface area contributed by atoms with Crippen molar-refractivity contribution in [2.24, 2.45) is 0 Å². The Bertz CT molecular complexity index is 503. The summed E-state index contributed by atoms with van der Waals surface area (Å²) in [5.41, 5.74) is 1.91. The number of halogens is 1. The van der Waals surface area contributed by atoms with Crippen LogP contribution in [0.15, 0.2) is 41.0 Å². The molecule has 0 aliphatic heterocycles. The molecule has 1 saturated carbocycles. The smallest absolute Gasteiger partial charge is 0.134 e.